The van der Waals surface area contributed by atoms with Gasteiger partial charge in [0.15, 0.2) is 0 Å². The zero-order valence-corrected chi connectivity index (χ0v) is 13.0. The lowest BCUT2D eigenvalue weighted by Crippen LogP contribution is -2.24. The summed E-state index contributed by atoms with van der Waals surface area (Å²) in [5, 5.41) is 5.76. The number of nitrogens with zero attached hydrogens (tertiary/aromatic N) is 1. The molecule has 1 unspecified atom stereocenters. The van der Waals surface area contributed by atoms with Gasteiger partial charge in [-0.05, 0) is 56.0 Å². The highest BCUT2D eigenvalue weighted by molar-refractivity contribution is 7.07. The maximum atomic E-state index is 4.50. The van der Waals surface area contributed by atoms with Crippen LogP contribution >= 0.6 is 11.3 Å². The van der Waals surface area contributed by atoms with E-state index >= 15 is 0 Å². The molecule has 0 radical (unpaired) electrons. The van der Waals surface area contributed by atoms with Crippen molar-refractivity contribution in [2.24, 2.45) is 0 Å². The average Bonchev–Trinajstić information content (AvgIpc) is 2.89. The minimum absolute atomic E-state index is 0.213. The largest absolute Gasteiger partial charge is 0.305 e. The van der Waals surface area contributed by atoms with Gasteiger partial charge in [0.25, 0.3) is 0 Å². The van der Waals surface area contributed by atoms with E-state index in [1.807, 2.05) is 5.51 Å². The normalized spacial score (nSPS) is 12.6. The number of thiazole rings is 1. The zero-order valence-electron chi connectivity index (χ0n) is 12.2. The lowest BCUT2D eigenvalue weighted by atomic mass is 9.94. The van der Waals surface area contributed by atoms with Crippen LogP contribution in [0.1, 0.15) is 47.3 Å². The number of benzene rings is 1. The maximum Gasteiger partial charge on any atom is 0.0795 e. The monoisotopic (exact) mass is 274 g/mol. The van der Waals surface area contributed by atoms with Crippen molar-refractivity contribution in [1.29, 1.82) is 0 Å². The lowest BCUT2D eigenvalue weighted by molar-refractivity contribution is 0.586. The van der Waals surface area contributed by atoms with Gasteiger partial charge in [0.2, 0.25) is 0 Å². The molecule has 1 heterocycles. The molecule has 0 bridgehead atoms. The fourth-order valence-electron chi connectivity index (χ4n) is 2.32. The third kappa shape index (κ3) is 3.23. The molecule has 1 aromatic carbocycles. The first-order valence-electron chi connectivity index (χ1n) is 6.82. The van der Waals surface area contributed by atoms with Crippen LogP contribution in [0.5, 0.6) is 0 Å². The van der Waals surface area contributed by atoms with Crippen molar-refractivity contribution in [3.63, 3.8) is 0 Å². The van der Waals surface area contributed by atoms with E-state index in [0.29, 0.717) is 0 Å². The van der Waals surface area contributed by atoms with E-state index in [4.69, 9.17) is 0 Å². The third-order valence-electron chi connectivity index (χ3n) is 3.54. The van der Waals surface area contributed by atoms with Crippen LogP contribution in [0.15, 0.2) is 23.0 Å². The quantitative estimate of drug-likeness (QED) is 0.885. The van der Waals surface area contributed by atoms with Crippen molar-refractivity contribution in [2.75, 3.05) is 6.54 Å². The highest BCUT2D eigenvalue weighted by Crippen LogP contribution is 2.27. The first kappa shape index (κ1) is 14.2. The molecule has 1 aromatic heterocycles. The molecule has 2 nitrogen and oxygen atoms in total. The van der Waals surface area contributed by atoms with Crippen LogP contribution in [0, 0.1) is 20.8 Å². The molecule has 19 heavy (non-hydrogen) atoms. The van der Waals surface area contributed by atoms with Crippen molar-refractivity contribution < 1.29 is 0 Å². The van der Waals surface area contributed by atoms with Gasteiger partial charge in [-0.25, -0.2) is 4.98 Å². The lowest BCUT2D eigenvalue weighted by Gasteiger charge is -2.20. The molecule has 0 fully saturated rings. The third-order valence-corrected chi connectivity index (χ3v) is 4.14. The highest BCUT2D eigenvalue weighted by Gasteiger charge is 2.17. The van der Waals surface area contributed by atoms with Crippen LogP contribution in [0.25, 0.3) is 0 Å². The number of nitrogens with one attached hydrogen (secondary N) is 1. The van der Waals surface area contributed by atoms with Gasteiger partial charge in [-0.1, -0.05) is 19.1 Å². The van der Waals surface area contributed by atoms with Crippen LogP contribution in [0.2, 0.25) is 0 Å². The first-order valence-corrected chi connectivity index (χ1v) is 7.77. The van der Waals surface area contributed by atoms with E-state index in [1.54, 1.807) is 11.3 Å². The summed E-state index contributed by atoms with van der Waals surface area (Å²) in [6.07, 6.45) is 1.13. The molecule has 0 aliphatic carbocycles. The van der Waals surface area contributed by atoms with Crippen molar-refractivity contribution in [2.45, 2.75) is 40.2 Å². The molecular formula is C16H22N2S. The van der Waals surface area contributed by atoms with E-state index in [0.717, 1.165) is 18.7 Å². The molecule has 0 aliphatic rings. The zero-order chi connectivity index (χ0) is 13.8. The molecule has 0 amide bonds. The van der Waals surface area contributed by atoms with E-state index in [9.17, 15) is 0 Å². The van der Waals surface area contributed by atoms with Gasteiger partial charge in [-0.2, -0.15) is 0 Å². The van der Waals surface area contributed by atoms with E-state index in [-0.39, 0.29) is 6.04 Å². The Morgan fingerprint density at radius 2 is 1.89 bits per heavy atom. The van der Waals surface area contributed by atoms with Crippen LogP contribution in [-0.2, 0) is 0 Å². The fraction of sp³-hybridized carbons (Fsp3) is 0.438. The van der Waals surface area contributed by atoms with Gasteiger partial charge < -0.3 is 5.32 Å². The second kappa shape index (κ2) is 6.31. The smallest absolute Gasteiger partial charge is 0.0795 e. The van der Waals surface area contributed by atoms with Gasteiger partial charge in [0, 0.05) is 5.38 Å². The summed E-state index contributed by atoms with van der Waals surface area (Å²) >= 11 is 1.66. The molecule has 1 N–H and O–H groups in total. The SMILES string of the molecule is CCCNC(c1cscn1)c1cc(C)c(C)cc1C. The van der Waals surface area contributed by atoms with Crippen LogP contribution in [0.3, 0.4) is 0 Å². The topological polar surface area (TPSA) is 24.9 Å². The summed E-state index contributed by atoms with van der Waals surface area (Å²) in [6, 6.07) is 4.79. The Morgan fingerprint density at radius 3 is 2.53 bits per heavy atom. The van der Waals surface area contributed by atoms with Crippen LogP contribution < -0.4 is 5.32 Å². The van der Waals surface area contributed by atoms with Gasteiger partial charge in [-0.3, -0.25) is 0 Å². The number of aryl methyl sites for hydroxylation is 3. The van der Waals surface area contributed by atoms with Crippen molar-refractivity contribution in [1.82, 2.24) is 10.3 Å². The minimum Gasteiger partial charge on any atom is -0.305 e. The standard InChI is InChI=1S/C16H22N2S/c1-5-6-17-16(15-9-19-10-18-15)14-8-12(3)11(2)7-13(14)4/h7-10,16-17H,5-6H2,1-4H3. The molecule has 3 heteroatoms. The molecule has 1 atom stereocenters. The van der Waals surface area contributed by atoms with E-state index in [2.05, 4.69) is 55.5 Å². The number of aromatic nitrogens is 1. The number of rotatable bonds is 5. The average molecular weight is 274 g/mol. The summed E-state index contributed by atoms with van der Waals surface area (Å²) in [7, 11) is 0. The minimum atomic E-state index is 0.213. The Kier molecular flexibility index (Phi) is 4.72. The second-order valence-corrected chi connectivity index (χ2v) is 5.81. The molecule has 0 aliphatic heterocycles. The molecule has 2 rings (SSSR count). The number of hydrogen-bond donors (Lipinski definition) is 1. The molecular weight excluding hydrogens is 252 g/mol. The first-order chi connectivity index (χ1) is 9.13. The summed E-state index contributed by atoms with van der Waals surface area (Å²) in [5.41, 5.74) is 8.43. The predicted octanol–water partition coefficient (Wildman–Crippen LogP) is 4.16. The van der Waals surface area contributed by atoms with Crippen LogP contribution in [-0.4, -0.2) is 11.5 Å². The van der Waals surface area contributed by atoms with Gasteiger partial charge in [-0.15, -0.1) is 11.3 Å². The molecule has 0 spiro atoms. The van der Waals surface area contributed by atoms with Gasteiger partial charge in [0.1, 0.15) is 0 Å². The van der Waals surface area contributed by atoms with Crippen LogP contribution in [0.4, 0.5) is 0 Å². The Morgan fingerprint density at radius 1 is 1.16 bits per heavy atom. The van der Waals surface area contributed by atoms with Crippen molar-refractivity contribution >= 4 is 11.3 Å². The van der Waals surface area contributed by atoms with E-state index in [1.165, 1.54) is 22.3 Å². The highest BCUT2D eigenvalue weighted by atomic mass is 32.1. The molecule has 2 aromatic rings. The Hall–Kier alpha value is -1.19. The second-order valence-electron chi connectivity index (χ2n) is 5.09. The molecule has 102 valence electrons. The summed E-state index contributed by atoms with van der Waals surface area (Å²) in [4.78, 5) is 4.50. The van der Waals surface area contributed by atoms with Crippen molar-refractivity contribution in [3.8, 4) is 0 Å². The summed E-state index contributed by atoms with van der Waals surface area (Å²) in [5.74, 6) is 0. The predicted molar refractivity (Wildman–Crippen MR) is 82.9 cm³/mol. The van der Waals surface area contributed by atoms with Crippen molar-refractivity contribution in [3.05, 3.63) is 51.0 Å². The molecule has 0 saturated carbocycles. The summed E-state index contributed by atoms with van der Waals surface area (Å²) < 4.78 is 0. The maximum absolute atomic E-state index is 4.50. The molecule has 0 saturated heterocycles. The van der Waals surface area contributed by atoms with Gasteiger partial charge >= 0.3 is 0 Å². The number of hydrogen-bond acceptors (Lipinski definition) is 3. The Bertz CT molecular complexity index is 532. The Labute approximate surface area is 119 Å². The Balaban J connectivity index is 2.40. The fourth-order valence-corrected chi connectivity index (χ4v) is 2.90. The van der Waals surface area contributed by atoms with Gasteiger partial charge in [0.05, 0.1) is 17.2 Å². The summed E-state index contributed by atoms with van der Waals surface area (Å²) in [6.45, 7) is 9.74. The van der Waals surface area contributed by atoms with E-state index < -0.39 is 0 Å².